The standard InChI is InChI=1S/C64H70BN3S2/c1-59(2,3)39-21-27-43(28-22-39)66-50-37-45(68-49-20-16-15-19-48(49)63(13)33-17-18-34-64(63,68)14)38-51-54(50)65(57-55(66)46-35-41(61(7,8)9)25-31-52(46)69-57)58-56(47-36-42(62(10,11)12)26-32-53(47)70-58)67(51)44-29-23-40(24-30-44)60(4,5)6/h15-16,19-32,35-38H,17-18,33-34H2,1-14H3. The van der Waals surface area contributed by atoms with Gasteiger partial charge in [0.05, 0.1) is 16.9 Å². The summed E-state index contributed by atoms with van der Waals surface area (Å²) in [7, 11) is 0. The Morgan fingerprint density at radius 1 is 0.457 bits per heavy atom. The lowest BCUT2D eigenvalue weighted by atomic mass is 9.39. The van der Waals surface area contributed by atoms with Gasteiger partial charge in [-0.1, -0.05) is 157 Å². The molecule has 6 aromatic carbocycles. The lowest BCUT2D eigenvalue weighted by Gasteiger charge is -2.51. The third kappa shape index (κ3) is 6.63. The van der Waals surface area contributed by atoms with Crippen molar-refractivity contribution in [3.63, 3.8) is 0 Å². The van der Waals surface area contributed by atoms with Crippen LogP contribution in [0.3, 0.4) is 0 Å². The van der Waals surface area contributed by atoms with Crippen LogP contribution in [-0.2, 0) is 27.1 Å². The van der Waals surface area contributed by atoms with E-state index in [2.05, 4.69) is 233 Å². The predicted octanol–water partition coefficient (Wildman–Crippen LogP) is 17.1. The Morgan fingerprint density at radius 2 is 0.886 bits per heavy atom. The molecule has 1 saturated carbocycles. The summed E-state index contributed by atoms with van der Waals surface area (Å²) in [4.78, 5) is 8.22. The van der Waals surface area contributed by atoms with E-state index in [4.69, 9.17) is 0 Å². The SMILES string of the molecule is CC(C)(C)c1ccc(N2c3cc(N4c5ccccc5C5(C)CCCCC45C)cc4c3B(c3sc5ccc(C(C)(C)C)cc5c32)c2sc3ccc(C(C)(C)C)cc3c2N4c2ccc(C(C)(C)C)cc2)cc1. The third-order valence-corrected chi connectivity index (χ3v) is 19.7. The Bertz CT molecular complexity index is 3240. The van der Waals surface area contributed by atoms with Gasteiger partial charge in [0.1, 0.15) is 0 Å². The van der Waals surface area contributed by atoms with Crippen molar-refractivity contribution in [2.75, 3.05) is 14.7 Å². The molecule has 70 heavy (non-hydrogen) atoms. The summed E-state index contributed by atoms with van der Waals surface area (Å²) in [6.45, 7) is 33.3. The van der Waals surface area contributed by atoms with Crippen molar-refractivity contribution in [3.8, 4) is 0 Å². The van der Waals surface area contributed by atoms with Gasteiger partial charge in [0.15, 0.2) is 0 Å². The van der Waals surface area contributed by atoms with Gasteiger partial charge in [-0.15, -0.1) is 22.7 Å². The van der Waals surface area contributed by atoms with Gasteiger partial charge in [0, 0.05) is 69.3 Å². The molecule has 2 atom stereocenters. The fourth-order valence-electron chi connectivity index (χ4n) is 12.9. The monoisotopic (exact) mass is 956 g/mol. The summed E-state index contributed by atoms with van der Waals surface area (Å²) in [6.07, 6.45) is 4.83. The molecule has 0 bridgehead atoms. The van der Waals surface area contributed by atoms with Crippen molar-refractivity contribution in [1.82, 2.24) is 0 Å². The molecule has 0 spiro atoms. The predicted molar refractivity (Wildman–Crippen MR) is 309 cm³/mol. The van der Waals surface area contributed by atoms with Crippen molar-refractivity contribution in [3.05, 3.63) is 149 Å². The topological polar surface area (TPSA) is 9.72 Å². The minimum Gasteiger partial charge on any atom is -0.334 e. The highest BCUT2D eigenvalue weighted by molar-refractivity contribution is 7.40. The molecule has 4 aliphatic rings. The van der Waals surface area contributed by atoms with Crippen LogP contribution in [0.2, 0.25) is 0 Å². The van der Waals surface area contributed by atoms with Gasteiger partial charge in [-0.2, -0.15) is 0 Å². The van der Waals surface area contributed by atoms with Crippen molar-refractivity contribution >= 4 is 110 Å². The van der Waals surface area contributed by atoms with E-state index >= 15 is 0 Å². The number of hydrogen-bond donors (Lipinski definition) is 0. The highest BCUT2D eigenvalue weighted by Gasteiger charge is 2.58. The zero-order valence-electron chi connectivity index (χ0n) is 44.1. The van der Waals surface area contributed by atoms with E-state index in [9.17, 15) is 0 Å². The largest absolute Gasteiger partial charge is 0.334 e. The molecule has 12 rings (SSSR count). The van der Waals surface area contributed by atoms with Crippen molar-refractivity contribution in [1.29, 1.82) is 0 Å². The third-order valence-electron chi connectivity index (χ3n) is 17.2. The maximum absolute atomic E-state index is 2.81. The summed E-state index contributed by atoms with van der Waals surface area (Å²) >= 11 is 4.03. The molecule has 0 saturated heterocycles. The van der Waals surface area contributed by atoms with Crippen LogP contribution in [0, 0.1) is 0 Å². The number of thiophene rings is 2. The van der Waals surface area contributed by atoms with Gasteiger partial charge >= 0.3 is 0 Å². The number of para-hydroxylation sites is 1. The van der Waals surface area contributed by atoms with Gasteiger partial charge in [-0.05, 0) is 141 Å². The van der Waals surface area contributed by atoms with Crippen LogP contribution in [-0.4, -0.2) is 12.3 Å². The lowest BCUT2D eigenvalue weighted by molar-refractivity contribution is 0.195. The van der Waals surface area contributed by atoms with Gasteiger partial charge in [0.2, 0.25) is 0 Å². The Hall–Kier alpha value is -5.30. The Kier molecular flexibility index (Phi) is 9.90. The molecular weight excluding hydrogens is 886 g/mol. The summed E-state index contributed by atoms with van der Waals surface area (Å²) in [5, 5.41) is 2.70. The molecule has 1 aliphatic carbocycles. The number of anilines is 8. The van der Waals surface area contributed by atoms with E-state index in [0.29, 0.717) is 0 Å². The minimum absolute atomic E-state index is 0.00235. The van der Waals surface area contributed by atoms with Crippen molar-refractivity contribution < 1.29 is 0 Å². The van der Waals surface area contributed by atoms with Gasteiger partial charge in [-0.3, -0.25) is 0 Å². The summed E-state index contributed by atoms with van der Waals surface area (Å²) in [5.41, 5.74) is 18.6. The van der Waals surface area contributed by atoms with Crippen LogP contribution < -0.4 is 29.7 Å². The quantitative estimate of drug-likeness (QED) is 0.163. The summed E-state index contributed by atoms with van der Waals surface area (Å²) < 4.78 is 5.57. The molecule has 0 N–H and O–H groups in total. The number of nitrogens with zero attached hydrogens (tertiary/aromatic N) is 3. The van der Waals surface area contributed by atoms with Crippen LogP contribution in [0.25, 0.3) is 20.2 Å². The molecule has 8 aromatic rings. The second kappa shape index (κ2) is 15.1. The van der Waals surface area contributed by atoms with E-state index in [1.165, 1.54) is 128 Å². The highest BCUT2D eigenvalue weighted by atomic mass is 32.1. The average Bonchev–Trinajstić information content (AvgIpc) is 3.93. The maximum Gasteiger partial charge on any atom is 0.277 e. The van der Waals surface area contributed by atoms with Crippen LogP contribution in [0.1, 0.15) is 150 Å². The fraction of sp³-hybridized carbons (Fsp3) is 0.375. The van der Waals surface area contributed by atoms with Crippen LogP contribution in [0.15, 0.2) is 121 Å². The molecule has 6 heteroatoms. The first-order valence-electron chi connectivity index (χ1n) is 26.0. The van der Waals surface area contributed by atoms with Gasteiger partial charge in [0.25, 0.3) is 6.71 Å². The molecule has 356 valence electrons. The zero-order chi connectivity index (χ0) is 49.2. The molecule has 1 fully saturated rings. The molecule has 0 radical (unpaired) electrons. The van der Waals surface area contributed by atoms with Gasteiger partial charge < -0.3 is 14.7 Å². The van der Waals surface area contributed by atoms with Crippen LogP contribution >= 0.6 is 22.7 Å². The maximum atomic E-state index is 2.81. The van der Waals surface area contributed by atoms with E-state index in [1.807, 2.05) is 22.7 Å². The first-order valence-corrected chi connectivity index (χ1v) is 27.6. The highest BCUT2D eigenvalue weighted by Crippen LogP contribution is 2.62. The molecule has 2 aromatic heterocycles. The first kappa shape index (κ1) is 45.8. The second-order valence-electron chi connectivity index (χ2n) is 25.8. The Balaban J connectivity index is 1.24. The molecule has 0 amide bonds. The van der Waals surface area contributed by atoms with E-state index in [1.54, 1.807) is 0 Å². The molecule has 2 unspecified atom stereocenters. The lowest BCUT2D eigenvalue weighted by Crippen LogP contribution is -2.59. The zero-order valence-corrected chi connectivity index (χ0v) is 45.7. The number of hydrogen-bond acceptors (Lipinski definition) is 5. The fourth-order valence-corrected chi connectivity index (χ4v) is 15.5. The molecule has 3 aliphatic heterocycles. The second-order valence-corrected chi connectivity index (χ2v) is 28.0. The smallest absolute Gasteiger partial charge is 0.277 e. The van der Waals surface area contributed by atoms with Crippen LogP contribution in [0.5, 0.6) is 0 Å². The van der Waals surface area contributed by atoms with E-state index in [-0.39, 0.29) is 39.3 Å². The first-order chi connectivity index (χ1) is 33.0. The normalized spacial score (nSPS) is 19.9. The van der Waals surface area contributed by atoms with E-state index < -0.39 is 0 Å². The van der Waals surface area contributed by atoms with E-state index in [0.717, 1.165) is 6.42 Å². The summed E-state index contributed by atoms with van der Waals surface area (Å²) in [5.74, 6) is 0. The van der Waals surface area contributed by atoms with Crippen LogP contribution in [0.4, 0.5) is 45.5 Å². The number of rotatable bonds is 3. The molecule has 5 heterocycles. The number of fused-ring (bicyclic) bond motifs is 11. The minimum atomic E-state index is -0.110. The average molecular weight is 956 g/mol. The van der Waals surface area contributed by atoms with Crippen molar-refractivity contribution in [2.24, 2.45) is 0 Å². The Labute approximate surface area is 426 Å². The molecular formula is C64H70BN3S2. The van der Waals surface area contributed by atoms with Crippen molar-refractivity contribution in [2.45, 2.75) is 155 Å². The number of benzene rings is 6. The molecule has 3 nitrogen and oxygen atoms in total. The van der Waals surface area contributed by atoms with Gasteiger partial charge in [-0.25, -0.2) is 0 Å². The Morgan fingerprint density at radius 3 is 1.34 bits per heavy atom. The summed E-state index contributed by atoms with van der Waals surface area (Å²) in [6, 6.07) is 48.6.